The van der Waals surface area contributed by atoms with Crippen molar-refractivity contribution < 1.29 is 4.79 Å². The Balaban J connectivity index is 0.000000141. The molecule has 0 saturated carbocycles. The van der Waals surface area contributed by atoms with Crippen molar-refractivity contribution in [2.45, 2.75) is 6.54 Å². The van der Waals surface area contributed by atoms with E-state index in [2.05, 4.69) is 41.2 Å². The molecule has 2 heteroatoms. The molecule has 4 rings (SSSR count). The first-order chi connectivity index (χ1) is 11.9. The number of carbonyl (C=O) groups is 1. The van der Waals surface area contributed by atoms with Crippen LogP contribution in [0.25, 0.3) is 10.8 Å². The van der Waals surface area contributed by atoms with E-state index >= 15 is 0 Å². The number of aldehydes is 1. The van der Waals surface area contributed by atoms with Crippen LogP contribution in [0.1, 0.15) is 15.9 Å². The molecule has 1 aromatic heterocycles. The van der Waals surface area contributed by atoms with Crippen LogP contribution in [-0.2, 0) is 6.54 Å². The molecule has 0 atom stereocenters. The Hall–Kier alpha value is -3.13. The van der Waals surface area contributed by atoms with Crippen molar-refractivity contribution in [1.82, 2.24) is 4.57 Å². The fraction of sp³-hybridized carbons (Fsp3) is 0.0455. The van der Waals surface area contributed by atoms with Gasteiger partial charge in [0.2, 0.25) is 0 Å². The number of fused-ring (bicyclic) bond motifs is 1. The third kappa shape index (κ3) is 3.99. The zero-order valence-electron chi connectivity index (χ0n) is 13.4. The summed E-state index contributed by atoms with van der Waals surface area (Å²) in [4.78, 5) is 10.6. The van der Waals surface area contributed by atoms with Crippen LogP contribution in [0.4, 0.5) is 0 Å². The molecule has 2 nitrogen and oxygen atoms in total. The van der Waals surface area contributed by atoms with Crippen LogP contribution in [0.2, 0.25) is 0 Å². The van der Waals surface area contributed by atoms with Gasteiger partial charge in [-0.1, -0.05) is 72.8 Å². The molecule has 0 bridgehead atoms. The normalized spacial score (nSPS) is 10.0. The SMILES string of the molecule is O=Cc1cccc2ccccc12.c1ccc(Cn2cccc2)cc1. The largest absolute Gasteiger partial charge is 0.350 e. The number of hydrogen-bond donors (Lipinski definition) is 0. The second-order valence-corrected chi connectivity index (χ2v) is 5.53. The van der Waals surface area contributed by atoms with Gasteiger partial charge in [-0.25, -0.2) is 0 Å². The first-order valence-electron chi connectivity index (χ1n) is 7.94. The van der Waals surface area contributed by atoms with Crippen molar-refractivity contribution in [1.29, 1.82) is 0 Å². The molecule has 0 spiro atoms. The molecule has 4 aromatic rings. The minimum absolute atomic E-state index is 0.758. The van der Waals surface area contributed by atoms with Crippen LogP contribution >= 0.6 is 0 Å². The molecule has 0 aliphatic rings. The van der Waals surface area contributed by atoms with E-state index in [-0.39, 0.29) is 0 Å². The highest BCUT2D eigenvalue weighted by Gasteiger charge is 1.96. The summed E-state index contributed by atoms with van der Waals surface area (Å²) in [6.45, 7) is 0.966. The van der Waals surface area contributed by atoms with Crippen molar-refractivity contribution >= 4 is 17.1 Å². The van der Waals surface area contributed by atoms with Crippen molar-refractivity contribution in [2.24, 2.45) is 0 Å². The van der Waals surface area contributed by atoms with Gasteiger partial charge in [0.1, 0.15) is 0 Å². The van der Waals surface area contributed by atoms with Gasteiger partial charge in [0.05, 0.1) is 0 Å². The van der Waals surface area contributed by atoms with Gasteiger partial charge in [-0.15, -0.1) is 0 Å². The molecule has 0 N–H and O–H groups in total. The highest BCUT2D eigenvalue weighted by molar-refractivity contribution is 5.97. The topological polar surface area (TPSA) is 22.0 Å². The summed E-state index contributed by atoms with van der Waals surface area (Å²) >= 11 is 0. The lowest BCUT2D eigenvalue weighted by Crippen LogP contribution is -1.94. The summed E-state index contributed by atoms with van der Waals surface area (Å²) < 4.78 is 2.16. The highest BCUT2D eigenvalue weighted by Crippen LogP contribution is 2.16. The maximum atomic E-state index is 10.6. The molecular weight excluding hydrogens is 294 g/mol. The van der Waals surface area contributed by atoms with E-state index in [1.165, 1.54) is 5.56 Å². The van der Waals surface area contributed by atoms with Gasteiger partial charge >= 0.3 is 0 Å². The molecular formula is C22H19NO. The quantitative estimate of drug-likeness (QED) is 0.477. The molecule has 118 valence electrons. The van der Waals surface area contributed by atoms with Crippen LogP contribution < -0.4 is 0 Å². The summed E-state index contributed by atoms with van der Waals surface area (Å²) in [6, 6.07) is 28.1. The van der Waals surface area contributed by atoms with Gasteiger partial charge in [-0.2, -0.15) is 0 Å². The number of carbonyl (C=O) groups excluding carboxylic acids is 1. The van der Waals surface area contributed by atoms with E-state index in [0.717, 1.165) is 29.2 Å². The van der Waals surface area contributed by atoms with Gasteiger partial charge < -0.3 is 4.57 Å². The Morgan fingerprint density at radius 1 is 0.708 bits per heavy atom. The Bertz CT molecular complexity index is 890. The van der Waals surface area contributed by atoms with E-state index in [1.54, 1.807) is 0 Å². The predicted molar refractivity (Wildman–Crippen MR) is 99.3 cm³/mol. The number of nitrogens with zero attached hydrogens (tertiary/aromatic N) is 1. The van der Waals surface area contributed by atoms with Gasteiger partial charge in [-0.3, -0.25) is 4.79 Å². The van der Waals surface area contributed by atoms with Gasteiger partial charge in [-0.05, 0) is 28.5 Å². The van der Waals surface area contributed by atoms with Crippen molar-refractivity contribution in [3.63, 3.8) is 0 Å². The lowest BCUT2D eigenvalue weighted by atomic mass is 10.1. The van der Waals surface area contributed by atoms with Crippen molar-refractivity contribution in [3.05, 3.63) is 108 Å². The summed E-state index contributed by atoms with van der Waals surface area (Å²) in [5, 5.41) is 2.14. The standard InChI is InChI=1S/C11H11N.C11H8O/c1-2-6-11(7-3-1)10-12-8-4-5-9-12;12-8-10-6-3-5-9-4-1-2-7-11(9)10/h1-9H,10H2;1-8H. The Morgan fingerprint density at radius 3 is 2.12 bits per heavy atom. The third-order valence-electron chi connectivity index (χ3n) is 3.82. The molecule has 0 saturated heterocycles. The fourth-order valence-electron chi connectivity index (χ4n) is 2.62. The molecule has 3 aromatic carbocycles. The van der Waals surface area contributed by atoms with Crippen molar-refractivity contribution in [3.8, 4) is 0 Å². The maximum Gasteiger partial charge on any atom is 0.150 e. The number of benzene rings is 3. The number of hydrogen-bond acceptors (Lipinski definition) is 1. The minimum Gasteiger partial charge on any atom is -0.350 e. The molecule has 1 heterocycles. The van der Waals surface area contributed by atoms with Crippen LogP contribution in [0, 0.1) is 0 Å². The van der Waals surface area contributed by atoms with Gasteiger partial charge in [0, 0.05) is 24.5 Å². The third-order valence-corrected chi connectivity index (χ3v) is 3.82. The summed E-state index contributed by atoms with van der Waals surface area (Å²) in [5.74, 6) is 0. The predicted octanol–water partition coefficient (Wildman–Crippen LogP) is 5.19. The molecule has 24 heavy (non-hydrogen) atoms. The first-order valence-corrected chi connectivity index (χ1v) is 7.94. The second-order valence-electron chi connectivity index (χ2n) is 5.53. The highest BCUT2D eigenvalue weighted by atomic mass is 16.1. The van der Waals surface area contributed by atoms with Crippen molar-refractivity contribution in [2.75, 3.05) is 0 Å². The monoisotopic (exact) mass is 313 g/mol. The Labute approximate surface area is 142 Å². The molecule has 0 unspecified atom stereocenters. The summed E-state index contributed by atoms with van der Waals surface area (Å²) in [6.07, 6.45) is 5.04. The average Bonchev–Trinajstić information content (AvgIpc) is 3.15. The molecule has 0 fully saturated rings. The number of aromatic nitrogens is 1. The van der Waals surface area contributed by atoms with E-state index in [9.17, 15) is 4.79 Å². The van der Waals surface area contributed by atoms with Gasteiger partial charge in [0.25, 0.3) is 0 Å². The Kier molecular flexibility index (Phi) is 5.21. The Morgan fingerprint density at radius 2 is 1.38 bits per heavy atom. The van der Waals surface area contributed by atoms with E-state index in [4.69, 9.17) is 0 Å². The van der Waals surface area contributed by atoms with E-state index in [1.807, 2.05) is 60.7 Å². The zero-order chi connectivity index (χ0) is 16.6. The average molecular weight is 313 g/mol. The van der Waals surface area contributed by atoms with Gasteiger partial charge in [0.15, 0.2) is 6.29 Å². The fourth-order valence-corrected chi connectivity index (χ4v) is 2.62. The molecule has 0 aliphatic heterocycles. The van der Waals surface area contributed by atoms with E-state index < -0.39 is 0 Å². The van der Waals surface area contributed by atoms with Crippen LogP contribution in [0.5, 0.6) is 0 Å². The summed E-state index contributed by atoms with van der Waals surface area (Å²) in [5.41, 5.74) is 2.10. The smallest absolute Gasteiger partial charge is 0.150 e. The number of rotatable bonds is 3. The molecule has 0 amide bonds. The zero-order valence-corrected chi connectivity index (χ0v) is 13.4. The van der Waals surface area contributed by atoms with Crippen LogP contribution in [0.3, 0.4) is 0 Å². The molecule has 0 aliphatic carbocycles. The molecule has 0 radical (unpaired) electrons. The lowest BCUT2D eigenvalue weighted by Gasteiger charge is -2.01. The minimum atomic E-state index is 0.758. The van der Waals surface area contributed by atoms with Crippen LogP contribution in [-0.4, -0.2) is 10.9 Å². The summed E-state index contributed by atoms with van der Waals surface area (Å²) in [7, 11) is 0. The second kappa shape index (κ2) is 7.93. The maximum absolute atomic E-state index is 10.6. The first kappa shape index (κ1) is 15.8. The van der Waals surface area contributed by atoms with E-state index in [0.29, 0.717) is 0 Å². The lowest BCUT2D eigenvalue weighted by molar-refractivity contribution is 0.112. The van der Waals surface area contributed by atoms with Crippen LogP contribution in [0.15, 0.2) is 97.3 Å².